The second kappa shape index (κ2) is 6.31. The van der Waals surface area contributed by atoms with Crippen molar-refractivity contribution in [2.75, 3.05) is 0 Å². The molecule has 0 atom stereocenters. The maximum Gasteiger partial charge on any atom is 0.348 e. The smallest absolute Gasteiger partial charge is 0.348 e. The van der Waals surface area contributed by atoms with E-state index >= 15 is 0 Å². The average Bonchev–Trinajstić information content (AvgIpc) is 2.75. The van der Waals surface area contributed by atoms with Crippen LogP contribution in [0.25, 0.3) is 11.3 Å². The Morgan fingerprint density at radius 3 is 2.22 bits per heavy atom. The van der Waals surface area contributed by atoms with Gasteiger partial charge >= 0.3 is 5.97 Å². The van der Waals surface area contributed by atoms with Gasteiger partial charge in [0.25, 0.3) is 0 Å². The van der Waals surface area contributed by atoms with Gasteiger partial charge in [0.15, 0.2) is 0 Å². The molecule has 0 aliphatic rings. The minimum atomic E-state index is -0.916. The van der Waals surface area contributed by atoms with Crippen molar-refractivity contribution in [3.05, 3.63) is 39.7 Å². The summed E-state index contributed by atoms with van der Waals surface area (Å²) in [6.07, 6.45) is 0. The van der Waals surface area contributed by atoms with Gasteiger partial charge in [0.2, 0.25) is 0 Å². The lowest BCUT2D eigenvalue weighted by molar-refractivity contribution is 0.0702. The monoisotopic (exact) mass is 263 g/mol. The van der Waals surface area contributed by atoms with Gasteiger partial charge < -0.3 is 5.11 Å². The summed E-state index contributed by atoms with van der Waals surface area (Å²) in [6, 6.07) is 7.71. The first-order chi connectivity index (χ1) is 8.58. The Labute approximate surface area is 111 Å². The van der Waals surface area contributed by atoms with Crippen molar-refractivity contribution in [1.82, 2.24) is 4.98 Å². The Hall–Kier alpha value is -1.68. The predicted molar refractivity (Wildman–Crippen MR) is 75.3 cm³/mol. The summed E-state index contributed by atoms with van der Waals surface area (Å²) < 4.78 is 0. The summed E-state index contributed by atoms with van der Waals surface area (Å²) in [7, 11) is 0. The molecule has 4 heteroatoms. The number of carboxylic acids is 1. The van der Waals surface area contributed by atoms with E-state index in [4.69, 9.17) is 5.11 Å². The van der Waals surface area contributed by atoms with Crippen LogP contribution in [0.1, 0.15) is 34.1 Å². The molecule has 2 rings (SSSR count). The number of hydrogen-bond donors (Lipinski definition) is 1. The maximum absolute atomic E-state index is 11.0. The second-order valence-corrected chi connectivity index (χ2v) is 4.78. The Morgan fingerprint density at radius 1 is 1.17 bits per heavy atom. The summed E-state index contributed by atoms with van der Waals surface area (Å²) in [5, 5.41) is 9.84. The third kappa shape index (κ3) is 3.17. The van der Waals surface area contributed by atoms with Crippen molar-refractivity contribution < 1.29 is 9.90 Å². The van der Waals surface area contributed by atoms with Gasteiger partial charge in [-0.1, -0.05) is 43.7 Å². The van der Waals surface area contributed by atoms with Gasteiger partial charge in [-0.3, -0.25) is 0 Å². The van der Waals surface area contributed by atoms with Gasteiger partial charge in [0, 0.05) is 5.56 Å². The summed E-state index contributed by atoms with van der Waals surface area (Å²) >= 11 is 1.21. The fourth-order valence-corrected chi connectivity index (χ4v) is 2.26. The standard InChI is InChI=1S/C12H11NO2S.C2H6/c1-7-3-5-9(6-4-7)10-11(12(14)15)16-8(2)13-10;1-2/h3-6H,1-2H3,(H,14,15);1-2H3. The highest BCUT2D eigenvalue weighted by atomic mass is 32.1. The first-order valence-corrected chi connectivity index (χ1v) is 6.67. The zero-order chi connectivity index (χ0) is 13.7. The quantitative estimate of drug-likeness (QED) is 0.885. The van der Waals surface area contributed by atoms with Crippen LogP contribution in [-0.2, 0) is 0 Å². The van der Waals surface area contributed by atoms with Crippen LogP contribution in [-0.4, -0.2) is 16.1 Å². The molecule has 0 aliphatic carbocycles. The molecule has 0 amide bonds. The van der Waals surface area contributed by atoms with Gasteiger partial charge in [-0.2, -0.15) is 0 Å². The third-order valence-electron chi connectivity index (χ3n) is 2.25. The average molecular weight is 263 g/mol. The van der Waals surface area contributed by atoms with Gasteiger partial charge in [0.05, 0.1) is 10.7 Å². The lowest BCUT2D eigenvalue weighted by Gasteiger charge is -1.99. The molecule has 1 aromatic carbocycles. The van der Waals surface area contributed by atoms with Gasteiger partial charge in [0.1, 0.15) is 4.88 Å². The summed E-state index contributed by atoms with van der Waals surface area (Å²) in [5.41, 5.74) is 2.56. The molecule has 0 spiro atoms. The van der Waals surface area contributed by atoms with Crippen molar-refractivity contribution >= 4 is 17.3 Å². The number of nitrogens with zero attached hydrogens (tertiary/aromatic N) is 1. The predicted octanol–water partition coefficient (Wildman–Crippen LogP) is 4.15. The molecule has 0 saturated heterocycles. The molecule has 1 aromatic heterocycles. The molecule has 0 saturated carbocycles. The molecule has 1 heterocycles. The van der Waals surface area contributed by atoms with Crippen molar-refractivity contribution in [3.63, 3.8) is 0 Å². The Kier molecular flexibility index (Phi) is 5.04. The number of benzene rings is 1. The van der Waals surface area contributed by atoms with Crippen LogP contribution in [0.2, 0.25) is 0 Å². The van der Waals surface area contributed by atoms with Crippen LogP contribution < -0.4 is 0 Å². The normalized spacial score (nSPS) is 9.56. The van der Waals surface area contributed by atoms with E-state index in [9.17, 15) is 4.79 Å². The molecule has 18 heavy (non-hydrogen) atoms. The van der Waals surface area contributed by atoms with Crippen LogP contribution in [0.3, 0.4) is 0 Å². The van der Waals surface area contributed by atoms with E-state index < -0.39 is 5.97 Å². The largest absolute Gasteiger partial charge is 0.477 e. The molecule has 0 aliphatic heterocycles. The number of hydrogen-bond acceptors (Lipinski definition) is 3. The van der Waals surface area contributed by atoms with E-state index in [1.807, 2.05) is 52.0 Å². The maximum atomic E-state index is 11.0. The Balaban J connectivity index is 0.000000771. The minimum absolute atomic E-state index is 0.307. The first kappa shape index (κ1) is 14.4. The zero-order valence-corrected chi connectivity index (χ0v) is 11.8. The molecular weight excluding hydrogens is 246 g/mol. The van der Waals surface area contributed by atoms with E-state index in [-0.39, 0.29) is 0 Å². The van der Waals surface area contributed by atoms with Crippen LogP contribution in [0, 0.1) is 13.8 Å². The van der Waals surface area contributed by atoms with Crippen molar-refractivity contribution in [2.45, 2.75) is 27.7 Å². The van der Waals surface area contributed by atoms with Crippen LogP contribution in [0.4, 0.5) is 0 Å². The number of aromatic nitrogens is 1. The lowest BCUT2D eigenvalue weighted by Crippen LogP contribution is -1.95. The number of rotatable bonds is 2. The molecule has 96 valence electrons. The molecule has 3 nitrogen and oxygen atoms in total. The number of aromatic carboxylic acids is 1. The summed E-state index contributed by atoms with van der Waals surface area (Å²) in [6.45, 7) is 7.81. The molecule has 0 unspecified atom stereocenters. The van der Waals surface area contributed by atoms with Crippen LogP contribution in [0.5, 0.6) is 0 Å². The number of aryl methyl sites for hydroxylation is 2. The topological polar surface area (TPSA) is 50.2 Å². The van der Waals surface area contributed by atoms with E-state index in [0.717, 1.165) is 16.1 Å². The van der Waals surface area contributed by atoms with Gasteiger partial charge in [-0.05, 0) is 13.8 Å². The van der Waals surface area contributed by atoms with E-state index in [1.165, 1.54) is 11.3 Å². The highest BCUT2D eigenvalue weighted by molar-refractivity contribution is 7.14. The third-order valence-corrected chi connectivity index (χ3v) is 3.21. The molecular formula is C14H17NO2S. The van der Waals surface area contributed by atoms with Crippen LogP contribution in [0.15, 0.2) is 24.3 Å². The van der Waals surface area contributed by atoms with E-state index in [2.05, 4.69) is 4.98 Å². The van der Waals surface area contributed by atoms with Crippen molar-refractivity contribution in [3.8, 4) is 11.3 Å². The van der Waals surface area contributed by atoms with Crippen LogP contribution >= 0.6 is 11.3 Å². The highest BCUT2D eigenvalue weighted by Gasteiger charge is 2.16. The molecule has 0 radical (unpaired) electrons. The summed E-state index contributed by atoms with van der Waals surface area (Å²) in [4.78, 5) is 15.6. The molecule has 2 aromatic rings. The zero-order valence-electron chi connectivity index (χ0n) is 11.0. The molecule has 0 fully saturated rings. The Morgan fingerprint density at radius 2 is 1.72 bits per heavy atom. The second-order valence-electron chi connectivity index (χ2n) is 3.58. The molecule has 1 N–H and O–H groups in total. The number of carbonyl (C=O) groups is 1. The fourth-order valence-electron chi connectivity index (χ4n) is 1.48. The number of thiazole rings is 1. The van der Waals surface area contributed by atoms with Gasteiger partial charge in [-0.15, -0.1) is 11.3 Å². The van der Waals surface area contributed by atoms with Gasteiger partial charge in [-0.25, -0.2) is 9.78 Å². The number of carboxylic acid groups (broad SMARTS) is 1. The van der Waals surface area contributed by atoms with Crippen molar-refractivity contribution in [1.29, 1.82) is 0 Å². The minimum Gasteiger partial charge on any atom is -0.477 e. The van der Waals surface area contributed by atoms with E-state index in [0.29, 0.717) is 10.6 Å². The van der Waals surface area contributed by atoms with E-state index in [1.54, 1.807) is 0 Å². The Bertz CT molecular complexity index is 529. The lowest BCUT2D eigenvalue weighted by atomic mass is 10.1. The highest BCUT2D eigenvalue weighted by Crippen LogP contribution is 2.28. The molecule has 0 bridgehead atoms. The fraction of sp³-hybridized carbons (Fsp3) is 0.286. The summed E-state index contributed by atoms with van der Waals surface area (Å²) in [5.74, 6) is -0.916. The first-order valence-electron chi connectivity index (χ1n) is 5.85. The SMILES string of the molecule is CC.Cc1ccc(-c2nc(C)sc2C(=O)O)cc1. The van der Waals surface area contributed by atoms with Crippen molar-refractivity contribution in [2.24, 2.45) is 0 Å².